The van der Waals surface area contributed by atoms with Crippen molar-refractivity contribution in [2.45, 2.75) is 26.7 Å². The van der Waals surface area contributed by atoms with Gasteiger partial charge < -0.3 is 10.6 Å². The quantitative estimate of drug-likeness (QED) is 0.493. The molecule has 0 heterocycles. The van der Waals surface area contributed by atoms with Gasteiger partial charge in [0.2, 0.25) is 0 Å². The lowest BCUT2D eigenvalue weighted by atomic mass is 10.2. The van der Waals surface area contributed by atoms with Gasteiger partial charge in [-0.3, -0.25) is 0 Å². The number of unbranched alkanes of at least 4 members (excludes halogenated alkanes) is 1. The number of nitrogens with one attached hydrogen (secondary N) is 2. The molecule has 1 aromatic carbocycles. The molecule has 0 fully saturated rings. The molecule has 0 radical (unpaired) electrons. The number of hydrogen-bond acceptors (Lipinski definition) is 1. The van der Waals surface area contributed by atoms with Gasteiger partial charge in [-0.1, -0.05) is 19.4 Å². The van der Waals surface area contributed by atoms with Gasteiger partial charge in [-0.15, -0.1) is 0 Å². The number of rotatable bonds is 4. The zero-order chi connectivity index (χ0) is 12.0. The lowest BCUT2D eigenvalue weighted by Gasteiger charge is -2.10. The molecular formula is C12H17IN2S. The van der Waals surface area contributed by atoms with E-state index in [0.29, 0.717) is 5.11 Å². The van der Waals surface area contributed by atoms with Gasteiger partial charge in [-0.05, 0) is 65.8 Å². The molecular weight excluding hydrogens is 331 g/mol. The fourth-order valence-corrected chi connectivity index (χ4v) is 1.96. The first-order valence-electron chi connectivity index (χ1n) is 5.44. The van der Waals surface area contributed by atoms with E-state index in [-0.39, 0.29) is 0 Å². The van der Waals surface area contributed by atoms with Crippen LogP contribution in [0.5, 0.6) is 0 Å². The Morgan fingerprint density at radius 3 is 2.81 bits per heavy atom. The van der Waals surface area contributed by atoms with Crippen LogP contribution in [0.2, 0.25) is 0 Å². The zero-order valence-electron chi connectivity index (χ0n) is 9.64. The smallest absolute Gasteiger partial charge is 0.170 e. The Kier molecular flexibility index (Phi) is 6.05. The number of aryl methyl sites for hydroxylation is 1. The first-order chi connectivity index (χ1) is 7.63. The Balaban J connectivity index is 2.46. The normalized spacial score (nSPS) is 9.94. The van der Waals surface area contributed by atoms with Gasteiger partial charge in [0.05, 0.1) is 0 Å². The summed E-state index contributed by atoms with van der Waals surface area (Å²) in [7, 11) is 0. The highest BCUT2D eigenvalue weighted by Gasteiger charge is 1.99. The highest BCUT2D eigenvalue weighted by Crippen LogP contribution is 2.16. The van der Waals surface area contributed by atoms with Gasteiger partial charge in [0.1, 0.15) is 0 Å². The molecule has 0 saturated heterocycles. The van der Waals surface area contributed by atoms with Gasteiger partial charge in [0.15, 0.2) is 5.11 Å². The maximum Gasteiger partial charge on any atom is 0.170 e. The average molecular weight is 348 g/mol. The van der Waals surface area contributed by atoms with E-state index >= 15 is 0 Å². The molecule has 0 aromatic heterocycles. The second-order valence-electron chi connectivity index (χ2n) is 3.70. The maximum atomic E-state index is 5.20. The van der Waals surface area contributed by atoms with Gasteiger partial charge in [0, 0.05) is 15.8 Å². The van der Waals surface area contributed by atoms with Crippen molar-refractivity contribution in [1.82, 2.24) is 5.32 Å². The van der Waals surface area contributed by atoms with E-state index in [1.165, 1.54) is 15.6 Å². The number of thiocarbonyl (C=S) groups is 1. The maximum absolute atomic E-state index is 5.20. The molecule has 0 bridgehead atoms. The molecule has 0 amide bonds. The summed E-state index contributed by atoms with van der Waals surface area (Å²) in [5.74, 6) is 0. The third kappa shape index (κ3) is 4.65. The lowest BCUT2D eigenvalue weighted by Crippen LogP contribution is -2.29. The van der Waals surface area contributed by atoms with Crippen molar-refractivity contribution in [1.29, 1.82) is 0 Å². The predicted octanol–water partition coefficient (Wildman–Crippen LogP) is 3.69. The molecule has 88 valence electrons. The molecule has 0 aliphatic carbocycles. The van der Waals surface area contributed by atoms with Crippen molar-refractivity contribution in [3.8, 4) is 0 Å². The predicted molar refractivity (Wildman–Crippen MR) is 83.0 cm³/mol. The Labute approximate surface area is 116 Å². The number of halogens is 1. The van der Waals surface area contributed by atoms with Crippen molar-refractivity contribution in [3.63, 3.8) is 0 Å². The molecule has 2 N–H and O–H groups in total. The van der Waals surface area contributed by atoms with Crippen LogP contribution in [0.15, 0.2) is 18.2 Å². The van der Waals surface area contributed by atoms with Crippen LogP contribution in [0.4, 0.5) is 5.69 Å². The van der Waals surface area contributed by atoms with E-state index in [1.807, 2.05) is 6.07 Å². The highest BCUT2D eigenvalue weighted by atomic mass is 127. The second kappa shape index (κ2) is 7.06. The monoisotopic (exact) mass is 348 g/mol. The molecule has 0 aliphatic rings. The summed E-state index contributed by atoms with van der Waals surface area (Å²) in [5, 5.41) is 7.07. The topological polar surface area (TPSA) is 24.1 Å². The zero-order valence-corrected chi connectivity index (χ0v) is 12.6. The first-order valence-corrected chi connectivity index (χ1v) is 6.93. The average Bonchev–Trinajstić information content (AvgIpc) is 2.24. The highest BCUT2D eigenvalue weighted by molar-refractivity contribution is 14.1. The summed E-state index contributed by atoms with van der Waals surface area (Å²) in [6.07, 6.45) is 2.32. The van der Waals surface area contributed by atoms with Crippen LogP contribution in [-0.2, 0) is 0 Å². The number of hydrogen-bond donors (Lipinski definition) is 2. The fraction of sp³-hybridized carbons (Fsp3) is 0.417. The minimum atomic E-state index is 0.702. The van der Waals surface area contributed by atoms with E-state index in [9.17, 15) is 0 Å². The minimum absolute atomic E-state index is 0.702. The van der Waals surface area contributed by atoms with Crippen LogP contribution in [0, 0.1) is 10.5 Å². The summed E-state index contributed by atoms with van der Waals surface area (Å²) < 4.78 is 1.25. The van der Waals surface area contributed by atoms with Crippen molar-refractivity contribution in [3.05, 3.63) is 27.3 Å². The standard InChI is InChI=1S/C12H17IN2S/c1-3-4-7-14-12(16)15-10-6-5-9(2)11(13)8-10/h5-6,8H,3-4,7H2,1-2H3,(H2,14,15,16). The molecule has 0 atom stereocenters. The van der Waals surface area contributed by atoms with E-state index in [4.69, 9.17) is 12.2 Å². The van der Waals surface area contributed by atoms with Gasteiger partial charge in [-0.25, -0.2) is 0 Å². The lowest BCUT2D eigenvalue weighted by molar-refractivity contribution is 0.758. The molecule has 0 spiro atoms. The molecule has 0 aliphatic heterocycles. The van der Waals surface area contributed by atoms with Crippen LogP contribution in [-0.4, -0.2) is 11.7 Å². The minimum Gasteiger partial charge on any atom is -0.362 e. The molecule has 0 saturated carbocycles. The van der Waals surface area contributed by atoms with Crippen LogP contribution in [0.3, 0.4) is 0 Å². The Morgan fingerprint density at radius 1 is 1.44 bits per heavy atom. The summed E-state index contributed by atoms with van der Waals surface area (Å²) >= 11 is 7.53. The van der Waals surface area contributed by atoms with Crippen LogP contribution in [0.1, 0.15) is 25.3 Å². The van der Waals surface area contributed by atoms with E-state index < -0.39 is 0 Å². The van der Waals surface area contributed by atoms with Gasteiger partial charge in [-0.2, -0.15) is 0 Å². The first kappa shape index (κ1) is 13.7. The largest absolute Gasteiger partial charge is 0.362 e. The van der Waals surface area contributed by atoms with E-state index in [2.05, 4.69) is 59.2 Å². The third-order valence-electron chi connectivity index (χ3n) is 2.25. The molecule has 2 nitrogen and oxygen atoms in total. The Morgan fingerprint density at radius 2 is 2.19 bits per heavy atom. The SMILES string of the molecule is CCCCNC(=S)Nc1ccc(C)c(I)c1. The molecule has 1 aromatic rings. The summed E-state index contributed by atoms with van der Waals surface area (Å²) in [6, 6.07) is 6.24. The molecule has 1 rings (SSSR count). The van der Waals surface area contributed by atoms with Crippen molar-refractivity contribution >= 4 is 45.6 Å². The summed E-state index contributed by atoms with van der Waals surface area (Å²) in [6.45, 7) is 5.20. The van der Waals surface area contributed by atoms with Crippen LogP contribution < -0.4 is 10.6 Å². The van der Waals surface area contributed by atoms with Gasteiger partial charge >= 0.3 is 0 Å². The Hall–Kier alpha value is -0.360. The number of anilines is 1. The van der Waals surface area contributed by atoms with E-state index in [0.717, 1.165) is 18.7 Å². The summed E-state index contributed by atoms with van der Waals surface area (Å²) in [5.41, 5.74) is 2.33. The Bertz CT molecular complexity index is 366. The van der Waals surface area contributed by atoms with Crippen molar-refractivity contribution < 1.29 is 0 Å². The van der Waals surface area contributed by atoms with E-state index in [1.54, 1.807) is 0 Å². The van der Waals surface area contributed by atoms with Crippen LogP contribution >= 0.6 is 34.8 Å². The number of benzene rings is 1. The van der Waals surface area contributed by atoms with Crippen molar-refractivity contribution in [2.75, 3.05) is 11.9 Å². The fourth-order valence-electron chi connectivity index (χ4n) is 1.22. The van der Waals surface area contributed by atoms with Gasteiger partial charge in [0.25, 0.3) is 0 Å². The van der Waals surface area contributed by atoms with Crippen molar-refractivity contribution in [2.24, 2.45) is 0 Å². The summed E-state index contributed by atoms with van der Waals surface area (Å²) in [4.78, 5) is 0. The van der Waals surface area contributed by atoms with Crippen LogP contribution in [0.25, 0.3) is 0 Å². The molecule has 4 heteroatoms. The third-order valence-corrected chi connectivity index (χ3v) is 3.65. The second-order valence-corrected chi connectivity index (χ2v) is 5.27. The molecule has 0 unspecified atom stereocenters. The molecule has 16 heavy (non-hydrogen) atoms.